The van der Waals surface area contributed by atoms with Crippen LogP contribution < -0.4 is 5.32 Å². The third-order valence-corrected chi connectivity index (χ3v) is 4.19. The van der Waals surface area contributed by atoms with Gasteiger partial charge in [0.25, 0.3) is 0 Å². The lowest BCUT2D eigenvalue weighted by atomic mass is 9.85. The molecule has 0 radical (unpaired) electrons. The SMILES string of the molecule is CCc1nc(Cl)c(C)c(NCC2(O)CCCCC2)n1. The van der Waals surface area contributed by atoms with Crippen molar-refractivity contribution in [2.75, 3.05) is 11.9 Å². The molecule has 2 rings (SSSR count). The molecule has 0 saturated heterocycles. The minimum absolute atomic E-state index is 0.491. The molecule has 4 nitrogen and oxygen atoms in total. The number of halogens is 1. The molecule has 19 heavy (non-hydrogen) atoms. The van der Waals surface area contributed by atoms with Crippen molar-refractivity contribution in [3.05, 3.63) is 16.5 Å². The largest absolute Gasteiger partial charge is 0.388 e. The van der Waals surface area contributed by atoms with E-state index < -0.39 is 5.60 Å². The summed E-state index contributed by atoms with van der Waals surface area (Å²) in [7, 11) is 0. The Morgan fingerprint density at radius 1 is 1.26 bits per heavy atom. The van der Waals surface area contributed by atoms with Gasteiger partial charge in [0.1, 0.15) is 16.8 Å². The molecule has 0 bridgehead atoms. The topological polar surface area (TPSA) is 58.0 Å². The van der Waals surface area contributed by atoms with Gasteiger partial charge < -0.3 is 10.4 Å². The van der Waals surface area contributed by atoms with Gasteiger partial charge in [0.15, 0.2) is 0 Å². The molecule has 0 amide bonds. The average molecular weight is 284 g/mol. The number of aliphatic hydroxyl groups is 1. The molecule has 1 heterocycles. The number of anilines is 1. The Balaban J connectivity index is 2.08. The Morgan fingerprint density at radius 2 is 1.95 bits per heavy atom. The first-order chi connectivity index (χ1) is 9.04. The van der Waals surface area contributed by atoms with E-state index in [1.807, 2.05) is 13.8 Å². The summed E-state index contributed by atoms with van der Waals surface area (Å²) in [6.45, 7) is 4.43. The molecule has 1 aliphatic carbocycles. The fourth-order valence-corrected chi connectivity index (χ4v) is 2.68. The lowest BCUT2D eigenvalue weighted by molar-refractivity contribution is 0.0166. The minimum atomic E-state index is -0.603. The first-order valence-corrected chi connectivity index (χ1v) is 7.41. The maximum atomic E-state index is 10.5. The lowest BCUT2D eigenvalue weighted by Crippen LogP contribution is -2.39. The lowest BCUT2D eigenvalue weighted by Gasteiger charge is -2.32. The number of hydrogen-bond acceptors (Lipinski definition) is 4. The Hall–Kier alpha value is -0.870. The van der Waals surface area contributed by atoms with E-state index in [0.717, 1.165) is 49.3 Å². The summed E-state index contributed by atoms with van der Waals surface area (Å²) in [5.41, 5.74) is 0.243. The average Bonchev–Trinajstić information content (AvgIpc) is 2.41. The maximum Gasteiger partial charge on any atom is 0.137 e. The maximum absolute atomic E-state index is 10.5. The third-order valence-electron chi connectivity index (χ3n) is 3.82. The van der Waals surface area contributed by atoms with E-state index >= 15 is 0 Å². The van der Waals surface area contributed by atoms with Crippen molar-refractivity contribution in [2.24, 2.45) is 0 Å². The van der Waals surface area contributed by atoms with Gasteiger partial charge in [0.2, 0.25) is 0 Å². The first-order valence-electron chi connectivity index (χ1n) is 7.03. The van der Waals surface area contributed by atoms with Gasteiger partial charge in [-0.2, -0.15) is 0 Å². The normalized spacial score (nSPS) is 18.3. The molecular formula is C14H22ClN3O. The van der Waals surface area contributed by atoms with Crippen LogP contribution in [0.2, 0.25) is 5.15 Å². The molecule has 5 heteroatoms. The number of rotatable bonds is 4. The number of hydrogen-bond donors (Lipinski definition) is 2. The highest BCUT2D eigenvalue weighted by molar-refractivity contribution is 6.30. The molecule has 1 aliphatic rings. The van der Waals surface area contributed by atoms with Gasteiger partial charge in [0.05, 0.1) is 5.60 Å². The van der Waals surface area contributed by atoms with E-state index in [-0.39, 0.29) is 0 Å². The van der Waals surface area contributed by atoms with Crippen LogP contribution in [0.5, 0.6) is 0 Å². The molecule has 1 saturated carbocycles. The summed E-state index contributed by atoms with van der Waals surface area (Å²) in [5.74, 6) is 1.48. The zero-order chi connectivity index (χ0) is 13.9. The number of nitrogens with zero attached hydrogens (tertiary/aromatic N) is 2. The minimum Gasteiger partial charge on any atom is -0.388 e. The molecule has 0 unspecified atom stereocenters. The van der Waals surface area contributed by atoms with Crippen molar-refractivity contribution in [1.82, 2.24) is 9.97 Å². The highest BCUT2D eigenvalue weighted by atomic mass is 35.5. The molecule has 0 aliphatic heterocycles. The van der Waals surface area contributed by atoms with Crippen molar-refractivity contribution in [2.45, 2.75) is 58.0 Å². The highest BCUT2D eigenvalue weighted by Gasteiger charge is 2.29. The van der Waals surface area contributed by atoms with Crippen LogP contribution in [0.25, 0.3) is 0 Å². The van der Waals surface area contributed by atoms with E-state index in [4.69, 9.17) is 11.6 Å². The van der Waals surface area contributed by atoms with E-state index in [1.54, 1.807) is 0 Å². The Labute approximate surface area is 119 Å². The van der Waals surface area contributed by atoms with Gasteiger partial charge in [-0.1, -0.05) is 37.8 Å². The fraction of sp³-hybridized carbons (Fsp3) is 0.714. The number of aromatic nitrogens is 2. The van der Waals surface area contributed by atoms with Crippen LogP contribution in [0.4, 0.5) is 5.82 Å². The molecule has 1 aromatic heterocycles. The van der Waals surface area contributed by atoms with Crippen molar-refractivity contribution in [1.29, 1.82) is 0 Å². The van der Waals surface area contributed by atoms with Crippen LogP contribution >= 0.6 is 11.6 Å². The second kappa shape index (κ2) is 6.06. The monoisotopic (exact) mass is 283 g/mol. The standard InChI is InChI=1S/C14H22ClN3O/c1-3-11-17-12(15)10(2)13(18-11)16-9-14(19)7-5-4-6-8-14/h19H,3-9H2,1-2H3,(H,16,17,18). The zero-order valence-electron chi connectivity index (χ0n) is 11.7. The molecule has 106 valence electrons. The van der Waals surface area contributed by atoms with Gasteiger partial charge in [-0.3, -0.25) is 0 Å². The first kappa shape index (κ1) is 14.5. The number of nitrogens with one attached hydrogen (secondary N) is 1. The molecular weight excluding hydrogens is 262 g/mol. The fourth-order valence-electron chi connectivity index (χ4n) is 2.50. The van der Waals surface area contributed by atoms with Crippen LogP contribution in [0.1, 0.15) is 50.4 Å². The Kier molecular flexibility index (Phi) is 4.63. The third kappa shape index (κ3) is 3.57. The van der Waals surface area contributed by atoms with Crippen molar-refractivity contribution in [3.8, 4) is 0 Å². The molecule has 0 atom stereocenters. The van der Waals surface area contributed by atoms with Gasteiger partial charge in [-0.05, 0) is 19.8 Å². The van der Waals surface area contributed by atoms with Crippen LogP contribution in [-0.2, 0) is 6.42 Å². The second-order valence-electron chi connectivity index (χ2n) is 5.40. The summed E-state index contributed by atoms with van der Waals surface area (Å²) in [6, 6.07) is 0. The predicted molar refractivity (Wildman–Crippen MR) is 77.7 cm³/mol. The molecule has 2 N–H and O–H groups in total. The van der Waals surface area contributed by atoms with Crippen molar-refractivity contribution in [3.63, 3.8) is 0 Å². The summed E-state index contributed by atoms with van der Waals surface area (Å²) in [5, 5.41) is 14.2. The highest BCUT2D eigenvalue weighted by Crippen LogP contribution is 2.29. The van der Waals surface area contributed by atoms with E-state index in [0.29, 0.717) is 11.7 Å². The molecule has 0 spiro atoms. The van der Waals surface area contributed by atoms with E-state index in [1.165, 1.54) is 6.42 Å². The Bertz CT molecular complexity index is 445. The summed E-state index contributed by atoms with van der Waals surface area (Å²) < 4.78 is 0. The summed E-state index contributed by atoms with van der Waals surface area (Å²) >= 11 is 6.10. The second-order valence-corrected chi connectivity index (χ2v) is 5.75. The Morgan fingerprint density at radius 3 is 2.58 bits per heavy atom. The van der Waals surface area contributed by atoms with Crippen molar-refractivity contribution >= 4 is 17.4 Å². The van der Waals surface area contributed by atoms with Crippen LogP contribution in [0.3, 0.4) is 0 Å². The van der Waals surface area contributed by atoms with E-state index in [9.17, 15) is 5.11 Å². The molecule has 1 fully saturated rings. The van der Waals surface area contributed by atoms with Crippen LogP contribution in [0.15, 0.2) is 0 Å². The molecule has 0 aromatic carbocycles. The summed E-state index contributed by atoms with van der Waals surface area (Å²) in [6.07, 6.45) is 5.89. The van der Waals surface area contributed by atoms with Gasteiger partial charge >= 0.3 is 0 Å². The predicted octanol–water partition coefficient (Wildman–Crippen LogP) is 3.11. The van der Waals surface area contributed by atoms with E-state index in [2.05, 4.69) is 15.3 Å². The quantitative estimate of drug-likeness (QED) is 0.834. The van der Waals surface area contributed by atoms with Gasteiger partial charge in [-0.25, -0.2) is 9.97 Å². The van der Waals surface area contributed by atoms with Crippen LogP contribution in [-0.4, -0.2) is 27.2 Å². The summed E-state index contributed by atoms with van der Waals surface area (Å²) in [4.78, 5) is 8.67. The zero-order valence-corrected chi connectivity index (χ0v) is 12.4. The van der Waals surface area contributed by atoms with Crippen LogP contribution in [0, 0.1) is 6.92 Å². The molecule has 1 aromatic rings. The number of aryl methyl sites for hydroxylation is 1. The van der Waals surface area contributed by atoms with Gasteiger partial charge in [-0.15, -0.1) is 0 Å². The smallest absolute Gasteiger partial charge is 0.137 e. The van der Waals surface area contributed by atoms with Gasteiger partial charge in [0, 0.05) is 18.5 Å². The van der Waals surface area contributed by atoms with Crippen molar-refractivity contribution < 1.29 is 5.11 Å².